The summed E-state index contributed by atoms with van der Waals surface area (Å²) in [5, 5.41) is 11.7. The Kier molecular flexibility index (Phi) is 8.43. The molecule has 0 saturated carbocycles. The molecule has 0 aromatic rings. The molecule has 2 atom stereocenters. The van der Waals surface area contributed by atoms with E-state index in [1.807, 2.05) is 18.7 Å². The molecule has 4 nitrogen and oxygen atoms in total. The lowest BCUT2D eigenvalue weighted by atomic mass is 10.1. The number of carbonyl (C=O) groups is 1. The van der Waals surface area contributed by atoms with Crippen molar-refractivity contribution in [1.29, 1.82) is 5.26 Å². The second-order valence-electron chi connectivity index (χ2n) is 4.50. The van der Waals surface area contributed by atoms with Gasteiger partial charge >= 0.3 is 0 Å². The fraction of sp³-hybridized carbons (Fsp3) is 0.846. The van der Waals surface area contributed by atoms with Crippen molar-refractivity contribution in [2.24, 2.45) is 0 Å². The fourth-order valence-electron chi connectivity index (χ4n) is 1.82. The first kappa shape index (κ1) is 15.9. The van der Waals surface area contributed by atoms with E-state index in [1.165, 1.54) is 0 Å². The van der Waals surface area contributed by atoms with Crippen molar-refractivity contribution in [3.8, 4) is 6.07 Å². The van der Waals surface area contributed by atoms with Gasteiger partial charge in [-0.05, 0) is 33.2 Å². The summed E-state index contributed by atoms with van der Waals surface area (Å²) >= 11 is 0. The van der Waals surface area contributed by atoms with E-state index in [-0.39, 0.29) is 18.0 Å². The minimum Gasteiger partial charge on any atom is -0.352 e. The van der Waals surface area contributed by atoms with E-state index in [4.69, 9.17) is 5.26 Å². The molecule has 0 radical (unpaired) electrons. The maximum atomic E-state index is 12.0. The molecule has 17 heavy (non-hydrogen) atoms. The van der Waals surface area contributed by atoms with Gasteiger partial charge < -0.3 is 5.32 Å². The molecule has 0 aromatic heterocycles. The number of amides is 1. The normalized spacial score (nSPS) is 14.1. The quantitative estimate of drug-likeness (QED) is 0.658. The summed E-state index contributed by atoms with van der Waals surface area (Å²) in [6.07, 6.45) is 3.00. The van der Waals surface area contributed by atoms with Crippen LogP contribution in [-0.2, 0) is 4.79 Å². The van der Waals surface area contributed by atoms with Gasteiger partial charge in [-0.2, -0.15) is 5.26 Å². The predicted octanol–water partition coefficient (Wildman–Crippen LogP) is 1.92. The SMILES string of the molecule is CCCC(C)NC(=O)C(C)N(CC#N)CCC. The van der Waals surface area contributed by atoms with E-state index in [9.17, 15) is 4.79 Å². The maximum Gasteiger partial charge on any atom is 0.237 e. The Hall–Kier alpha value is -1.08. The first-order chi connectivity index (χ1) is 8.06. The molecule has 0 aliphatic carbocycles. The topological polar surface area (TPSA) is 56.1 Å². The molecule has 0 saturated heterocycles. The Morgan fingerprint density at radius 3 is 2.47 bits per heavy atom. The highest BCUT2D eigenvalue weighted by Gasteiger charge is 2.21. The van der Waals surface area contributed by atoms with Crippen LogP contribution in [0.2, 0.25) is 0 Å². The van der Waals surface area contributed by atoms with Gasteiger partial charge in [0.1, 0.15) is 0 Å². The Morgan fingerprint density at radius 1 is 1.35 bits per heavy atom. The average Bonchev–Trinajstić information content (AvgIpc) is 2.28. The number of rotatable bonds is 8. The van der Waals surface area contributed by atoms with Crippen LogP contribution in [0.15, 0.2) is 0 Å². The minimum atomic E-state index is -0.228. The number of hydrogen-bond acceptors (Lipinski definition) is 3. The molecule has 0 rings (SSSR count). The van der Waals surface area contributed by atoms with Gasteiger partial charge in [0.05, 0.1) is 18.7 Å². The molecule has 0 bridgehead atoms. The Bertz CT molecular complexity index is 260. The molecule has 0 fully saturated rings. The van der Waals surface area contributed by atoms with E-state index in [2.05, 4.69) is 25.2 Å². The first-order valence-electron chi connectivity index (χ1n) is 6.48. The summed E-state index contributed by atoms with van der Waals surface area (Å²) < 4.78 is 0. The monoisotopic (exact) mass is 239 g/mol. The first-order valence-corrected chi connectivity index (χ1v) is 6.48. The highest BCUT2D eigenvalue weighted by molar-refractivity contribution is 5.81. The predicted molar refractivity (Wildman–Crippen MR) is 69.5 cm³/mol. The number of nitrogens with one attached hydrogen (secondary N) is 1. The second kappa shape index (κ2) is 9.00. The fourth-order valence-corrected chi connectivity index (χ4v) is 1.82. The Balaban J connectivity index is 4.29. The van der Waals surface area contributed by atoms with Gasteiger partial charge in [-0.1, -0.05) is 20.3 Å². The zero-order valence-corrected chi connectivity index (χ0v) is 11.5. The van der Waals surface area contributed by atoms with Crippen LogP contribution in [0.1, 0.15) is 47.0 Å². The standard InChI is InChI=1S/C13H25N3O/c1-5-7-11(3)15-13(17)12(4)16(9-6-2)10-8-14/h11-12H,5-7,9-10H2,1-4H3,(H,15,17). The summed E-state index contributed by atoms with van der Waals surface area (Å²) in [7, 11) is 0. The Labute approximate surface area is 105 Å². The van der Waals surface area contributed by atoms with Crippen molar-refractivity contribution < 1.29 is 4.79 Å². The van der Waals surface area contributed by atoms with Crippen LogP contribution in [0, 0.1) is 11.3 Å². The van der Waals surface area contributed by atoms with Crippen molar-refractivity contribution >= 4 is 5.91 Å². The summed E-state index contributed by atoms with van der Waals surface area (Å²) in [6, 6.07) is 2.09. The third-order valence-corrected chi connectivity index (χ3v) is 2.82. The van der Waals surface area contributed by atoms with Crippen molar-refractivity contribution in [3.63, 3.8) is 0 Å². The van der Waals surface area contributed by atoms with Gasteiger partial charge in [0.25, 0.3) is 0 Å². The lowest BCUT2D eigenvalue weighted by Crippen LogP contribution is -2.48. The zero-order valence-electron chi connectivity index (χ0n) is 11.5. The van der Waals surface area contributed by atoms with Gasteiger partial charge in [0.15, 0.2) is 0 Å². The molecule has 0 aliphatic rings. The van der Waals surface area contributed by atoms with Crippen molar-refractivity contribution in [2.75, 3.05) is 13.1 Å². The molecule has 2 unspecified atom stereocenters. The van der Waals surface area contributed by atoms with Gasteiger partial charge in [-0.15, -0.1) is 0 Å². The molecule has 0 aliphatic heterocycles. The lowest BCUT2D eigenvalue weighted by Gasteiger charge is -2.26. The van der Waals surface area contributed by atoms with E-state index in [1.54, 1.807) is 0 Å². The summed E-state index contributed by atoms with van der Waals surface area (Å²) in [6.45, 7) is 9.12. The zero-order chi connectivity index (χ0) is 13.3. The van der Waals surface area contributed by atoms with Crippen LogP contribution in [0.3, 0.4) is 0 Å². The summed E-state index contributed by atoms with van der Waals surface area (Å²) in [5.41, 5.74) is 0. The van der Waals surface area contributed by atoms with Crippen LogP contribution < -0.4 is 5.32 Å². The van der Waals surface area contributed by atoms with Crippen LogP contribution >= 0.6 is 0 Å². The molecule has 0 heterocycles. The molecule has 1 N–H and O–H groups in total. The third kappa shape index (κ3) is 6.28. The molecule has 4 heteroatoms. The number of carbonyl (C=O) groups excluding carboxylic acids is 1. The van der Waals surface area contributed by atoms with Crippen LogP contribution in [0.5, 0.6) is 0 Å². The highest BCUT2D eigenvalue weighted by atomic mass is 16.2. The van der Waals surface area contributed by atoms with Gasteiger partial charge in [0, 0.05) is 6.04 Å². The van der Waals surface area contributed by atoms with Crippen LogP contribution in [0.25, 0.3) is 0 Å². The van der Waals surface area contributed by atoms with Gasteiger partial charge in [0.2, 0.25) is 5.91 Å². The molecule has 98 valence electrons. The number of nitriles is 1. The van der Waals surface area contributed by atoms with Crippen molar-refractivity contribution in [1.82, 2.24) is 10.2 Å². The molecular weight excluding hydrogens is 214 g/mol. The van der Waals surface area contributed by atoms with E-state index in [0.29, 0.717) is 6.54 Å². The largest absolute Gasteiger partial charge is 0.352 e. The van der Waals surface area contributed by atoms with Crippen LogP contribution in [-0.4, -0.2) is 36.0 Å². The van der Waals surface area contributed by atoms with Gasteiger partial charge in [-0.3, -0.25) is 9.69 Å². The van der Waals surface area contributed by atoms with Crippen molar-refractivity contribution in [3.05, 3.63) is 0 Å². The smallest absolute Gasteiger partial charge is 0.237 e. The maximum absolute atomic E-state index is 12.0. The van der Waals surface area contributed by atoms with E-state index < -0.39 is 0 Å². The van der Waals surface area contributed by atoms with E-state index in [0.717, 1.165) is 25.8 Å². The summed E-state index contributed by atoms with van der Waals surface area (Å²) in [4.78, 5) is 13.9. The van der Waals surface area contributed by atoms with Crippen LogP contribution in [0.4, 0.5) is 0 Å². The molecule has 0 aromatic carbocycles. The Morgan fingerprint density at radius 2 is 2.00 bits per heavy atom. The summed E-state index contributed by atoms with van der Waals surface area (Å²) in [5.74, 6) is 0.0228. The third-order valence-electron chi connectivity index (χ3n) is 2.82. The van der Waals surface area contributed by atoms with Gasteiger partial charge in [-0.25, -0.2) is 0 Å². The van der Waals surface area contributed by atoms with Crippen molar-refractivity contribution in [2.45, 2.75) is 59.0 Å². The number of hydrogen-bond donors (Lipinski definition) is 1. The van der Waals surface area contributed by atoms with E-state index >= 15 is 0 Å². The average molecular weight is 239 g/mol. The molecule has 0 spiro atoms. The molecular formula is C13H25N3O. The number of nitrogens with zero attached hydrogens (tertiary/aromatic N) is 2. The minimum absolute atomic E-state index is 0.0228. The highest BCUT2D eigenvalue weighted by Crippen LogP contribution is 2.02. The lowest BCUT2D eigenvalue weighted by molar-refractivity contribution is -0.126. The second-order valence-corrected chi connectivity index (χ2v) is 4.50. The molecule has 1 amide bonds.